The molecule has 0 spiro atoms. The molecule has 0 saturated heterocycles. The molecule has 0 aliphatic carbocycles. The number of benzene rings is 1. The average molecular weight is 302 g/mol. The van der Waals surface area contributed by atoms with Crippen LogP contribution in [0.1, 0.15) is 5.69 Å². The molecule has 0 aliphatic heterocycles. The molecule has 8 heteroatoms. The number of hydrogen-bond donors (Lipinski definition) is 1. The number of carbonyl (C=O) groups is 1. The molecule has 1 heterocycles. The predicted molar refractivity (Wildman–Crippen MR) is 66.5 cm³/mol. The summed E-state index contributed by atoms with van der Waals surface area (Å²) in [4.78, 5) is 14.6. The van der Waals surface area contributed by atoms with Crippen molar-refractivity contribution in [3.63, 3.8) is 0 Å². The Balaban J connectivity index is 2.44. The van der Waals surface area contributed by atoms with Crippen LogP contribution in [0.3, 0.4) is 0 Å². The molecule has 0 saturated carbocycles. The lowest BCUT2D eigenvalue weighted by molar-refractivity contribution is -0.133. The summed E-state index contributed by atoms with van der Waals surface area (Å²) < 4.78 is 40.7. The summed E-state index contributed by atoms with van der Waals surface area (Å²) in [6.07, 6.45) is 1.48. The van der Waals surface area contributed by atoms with Gasteiger partial charge in [0.05, 0.1) is 17.1 Å². The van der Waals surface area contributed by atoms with E-state index >= 15 is 0 Å². The van der Waals surface area contributed by atoms with Gasteiger partial charge in [-0.1, -0.05) is 11.8 Å². The normalized spacial score (nSPS) is 10.8. The van der Waals surface area contributed by atoms with Crippen LogP contribution >= 0.6 is 11.8 Å². The van der Waals surface area contributed by atoms with Crippen molar-refractivity contribution in [2.24, 2.45) is 0 Å². The molecule has 0 fully saturated rings. The highest BCUT2D eigenvalue weighted by Crippen LogP contribution is 2.24. The van der Waals surface area contributed by atoms with Crippen molar-refractivity contribution in [3.05, 3.63) is 41.5 Å². The van der Waals surface area contributed by atoms with Crippen LogP contribution in [0.5, 0.6) is 0 Å². The van der Waals surface area contributed by atoms with Gasteiger partial charge in [0.25, 0.3) is 0 Å². The van der Waals surface area contributed by atoms with Gasteiger partial charge in [-0.15, -0.1) is 0 Å². The Morgan fingerprint density at radius 2 is 1.95 bits per heavy atom. The monoisotopic (exact) mass is 302 g/mol. The van der Waals surface area contributed by atoms with E-state index in [1.54, 1.807) is 6.92 Å². The molecule has 1 aromatic heterocycles. The molecule has 0 amide bonds. The molecular formula is C12H9F3N2O2S. The lowest BCUT2D eigenvalue weighted by Gasteiger charge is -2.07. The molecule has 0 radical (unpaired) electrons. The largest absolute Gasteiger partial charge is 0.481 e. The Bertz CT molecular complexity index is 650. The van der Waals surface area contributed by atoms with Gasteiger partial charge in [-0.25, -0.2) is 18.2 Å². The van der Waals surface area contributed by atoms with Crippen molar-refractivity contribution in [1.82, 2.24) is 9.55 Å². The minimum absolute atomic E-state index is 0.0369. The highest BCUT2D eigenvalue weighted by Gasteiger charge is 2.15. The number of carboxylic acid groups (broad SMARTS) is 1. The zero-order chi connectivity index (χ0) is 14.9. The second-order valence-electron chi connectivity index (χ2n) is 3.94. The van der Waals surface area contributed by atoms with E-state index in [1.807, 2.05) is 0 Å². The van der Waals surface area contributed by atoms with Crippen LogP contribution in [-0.2, 0) is 4.79 Å². The number of aliphatic carboxylic acids is 1. The van der Waals surface area contributed by atoms with Crippen LogP contribution in [-0.4, -0.2) is 26.4 Å². The number of halogens is 3. The summed E-state index contributed by atoms with van der Waals surface area (Å²) in [5, 5.41) is 8.90. The minimum Gasteiger partial charge on any atom is -0.481 e. The second-order valence-corrected chi connectivity index (χ2v) is 4.88. The SMILES string of the molecule is Cc1cn(-c2cc(F)c(F)c(F)c2)c(SCC(=O)O)n1. The maximum absolute atomic E-state index is 13.2. The molecule has 20 heavy (non-hydrogen) atoms. The lowest BCUT2D eigenvalue weighted by atomic mass is 10.3. The van der Waals surface area contributed by atoms with Gasteiger partial charge in [-0.05, 0) is 6.92 Å². The Labute approximate surface area is 116 Å². The molecule has 2 rings (SSSR count). The molecule has 0 aliphatic rings. The number of aryl methyl sites for hydroxylation is 1. The van der Waals surface area contributed by atoms with E-state index in [9.17, 15) is 18.0 Å². The van der Waals surface area contributed by atoms with Crippen LogP contribution in [0.25, 0.3) is 5.69 Å². The number of nitrogens with zero attached hydrogens (tertiary/aromatic N) is 2. The Kier molecular flexibility index (Phi) is 4.03. The topological polar surface area (TPSA) is 55.1 Å². The Morgan fingerprint density at radius 1 is 1.35 bits per heavy atom. The molecule has 2 aromatic rings. The van der Waals surface area contributed by atoms with Crippen LogP contribution in [0, 0.1) is 24.4 Å². The Hall–Kier alpha value is -1.96. The maximum Gasteiger partial charge on any atom is 0.313 e. The molecule has 0 unspecified atom stereocenters. The highest BCUT2D eigenvalue weighted by atomic mass is 32.2. The first-order valence-corrected chi connectivity index (χ1v) is 6.42. The first-order valence-electron chi connectivity index (χ1n) is 5.44. The van der Waals surface area contributed by atoms with Crippen molar-refractivity contribution >= 4 is 17.7 Å². The van der Waals surface area contributed by atoms with Crippen molar-refractivity contribution < 1.29 is 23.1 Å². The fraction of sp³-hybridized carbons (Fsp3) is 0.167. The van der Waals surface area contributed by atoms with E-state index in [0.717, 1.165) is 23.9 Å². The smallest absolute Gasteiger partial charge is 0.313 e. The summed E-state index contributed by atoms with van der Waals surface area (Å²) in [7, 11) is 0. The third-order valence-corrected chi connectivity index (χ3v) is 3.30. The molecule has 1 N–H and O–H groups in total. The minimum atomic E-state index is -1.55. The van der Waals surface area contributed by atoms with Gasteiger partial charge in [0.15, 0.2) is 22.6 Å². The van der Waals surface area contributed by atoms with Crippen molar-refractivity contribution in [2.45, 2.75) is 12.1 Å². The zero-order valence-corrected chi connectivity index (χ0v) is 11.0. The number of rotatable bonds is 4. The number of aromatic nitrogens is 2. The zero-order valence-electron chi connectivity index (χ0n) is 10.2. The van der Waals surface area contributed by atoms with Crippen molar-refractivity contribution in [1.29, 1.82) is 0 Å². The third kappa shape index (κ3) is 2.96. The van der Waals surface area contributed by atoms with Gasteiger partial charge in [-0.3, -0.25) is 9.36 Å². The summed E-state index contributed by atoms with van der Waals surface area (Å²) in [6, 6.07) is 1.65. The van der Waals surface area contributed by atoms with E-state index in [2.05, 4.69) is 4.98 Å². The average Bonchev–Trinajstić information content (AvgIpc) is 2.74. The quantitative estimate of drug-likeness (QED) is 0.697. The van der Waals surface area contributed by atoms with Gasteiger partial charge >= 0.3 is 5.97 Å². The summed E-state index contributed by atoms with van der Waals surface area (Å²) >= 11 is 0.900. The molecule has 1 aromatic carbocycles. The maximum atomic E-state index is 13.2. The fourth-order valence-electron chi connectivity index (χ4n) is 1.57. The highest BCUT2D eigenvalue weighted by molar-refractivity contribution is 7.99. The third-order valence-electron chi connectivity index (χ3n) is 2.37. The van der Waals surface area contributed by atoms with Gasteiger partial charge in [-0.2, -0.15) is 0 Å². The van der Waals surface area contributed by atoms with Gasteiger partial charge in [0, 0.05) is 18.3 Å². The van der Waals surface area contributed by atoms with Crippen LogP contribution in [0.15, 0.2) is 23.5 Å². The fourth-order valence-corrected chi connectivity index (χ4v) is 2.33. The van der Waals surface area contributed by atoms with E-state index in [4.69, 9.17) is 5.11 Å². The van der Waals surface area contributed by atoms with E-state index in [0.29, 0.717) is 5.69 Å². The number of imidazole rings is 1. The summed E-state index contributed by atoms with van der Waals surface area (Å²) in [6.45, 7) is 1.65. The van der Waals surface area contributed by atoms with E-state index in [-0.39, 0.29) is 16.6 Å². The van der Waals surface area contributed by atoms with Crippen LogP contribution < -0.4 is 0 Å². The van der Waals surface area contributed by atoms with Gasteiger partial charge in [0.2, 0.25) is 0 Å². The first-order chi connectivity index (χ1) is 9.38. The molecule has 0 atom stereocenters. The predicted octanol–water partition coefficient (Wildman–Crippen LogP) is 2.77. The van der Waals surface area contributed by atoms with Crippen molar-refractivity contribution in [3.8, 4) is 5.69 Å². The standard InChI is InChI=1S/C12H9F3N2O2S/c1-6-4-17(12(16-6)20-5-10(18)19)7-2-8(13)11(15)9(14)3-7/h2-4H,5H2,1H3,(H,18,19). The lowest BCUT2D eigenvalue weighted by Crippen LogP contribution is -2.03. The molecule has 106 valence electrons. The number of thioether (sulfide) groups is 1. The van der Waals surface area contributed by atoms with Crippen LogP contribution in [0.2, 0.25) is 0 Å². The van der Waals surface area contributed by atoms with Gasteiger partial charge in [0.1, 0.15) is 0 Å². The van der Waals surface area contributed by atoms with Crippen LogP contribution in [0.4, 0.5) is 13.2 Å². The van der Waals surface area contributed by atoms with Gasteiger partial charge < -0.3 is 5.11 Å². The molecule has 4 nitrogen and oxygen atoms in total. The Morgan fingerprint density at radius 3 is 2.50 bits per heavy atom. The summed E-state index contributed by atoms with van der Waals surface area (Å²) in [5.74, 6) is -5.48. The van der Waals surface area contributed by atoms with Crippen molar-refractivity contribution in [2.75, 3.05) is 5.75 Å². The van der Waals surface area contributed by atoms with E-state index in [1.165, 1.54) is 10.8 Å². The summed E-state index contributed by atoms with van der Waals surface area (Å²) in [5.41, 5.74) is 0.581. The first kappa shape index (κ1) is 14.4. The van der Waals surface area contributed by atoms with E-state index < -0.39 is 23.4 Å². The number of carboxylic acids is 1. The second kappa shape index (κ2) is 5.58. The molecular weight excluding hydrogens is 293 g/mol. The molecule has 0 bridgehead atoms. The number of hydrogen-bond acceptors (Lipinski definition) is 3.